The summed E-state index contributed by atoms with van der Waals surface area (Å²) in [5, 5.41) is 3.09. The number of piperazine rings is 1. The molecule has 0 aliphatic carbocycles. The molecule has 0 radical (unpaired) electrons. The highest BCUT2D eigenvalue weighted by Crippen LogP contribution is 2.25. The van der Waals surface area contributed by atoms with Crippen molar-refractivity contribution >= 4 is 16.0 Å². The van der Waals surface area contributed by atoms with Gasteiger partial charge >= 0.3 is 5.97 Å². The number of carbonyl (C=O) groups excluding carboxylic acids is 1. The van der Waals surface area contributed by atoms with Crippen LogP contribution in [0, 0.1) is 0 Å². The summed E-state index contributed by atoms with van der Waals surface area (Å²) in [4.78, 5) is 14.0. The average molecular weight is 357 g/mol. The first-order valence-corrected chi connectivity index (χ1v) is 9.68. The van der Waals surface area contributed by atoms with Crippen molar-refractivity contribution in [1.82, 2.24) is 14.5 Å². The Morgan fingerprint density at radius 3 is 2.79 bits per heavy atom. The highest BCUT2D eigenvalue weighted by atomic mass is 32.2. The Bertz CT molecular complexity index is 681. The van der Waals surface area contributed by atoms with Crippen LogP contribution in [-0.4, -0.2) is 75.5 Å². The fourth-order valence-corrected chi connectivity index (χ4v) is 4.58. The number of ether oxygens (including phenoxy) is 1. The molecule has 2 fully saturated rings. The molecule has 1 N–H and O–H groups in total. The number of rotatable bonds is 5. The van der Waals surface area contributed by atoms with E-state index in [-0.39, 0.29) is 23.5 Å². The summed E-state index contributed by atoms with van der Waals surface area (Å²) in [6.07, 6.45) is 0.810. The molecule has 24 heavy (non-hydrogen) atoms. The molecular weight excluding hydrogens is 334 g/mol. The topological polar surface area (TPSA) is 92.1 Å². The average Bonchev–Trinajstić information content (AvgIpc) is 3.26. The van der Waals surface area contributed by atoms with Crippen LogP contribution in [-0.2, 0) is 14.8 Å². The van der Waals surface area contributed by atoms with E-state index in [0.717, 1.165) is 32.6 Å². The van der Waals surface area contributed by atoms with E-state index >= 15 is 0 Å². The Hall–Kier alpha value is -1.42. The molecule has 134 valence electrons. The van der Waals surface area contributed by atoms with Crippen molar-refractivity contribution in [3.63, 3.8) is 0 Å². The van der Waals surface area contributed by atoms with Gasteiger partial charge in [0.15, 0.2) is 0 Å². The number of nitrogens with zero attached hydrogens (tertiary/aromatic N) is 2. The van der Waals surface area contributed by atoms with Gasteiger partial charge in [-0.25, -0.2) is 13.2 Å². The largest absolute Gasteiger partial charge is 0.460 e. The van der Waals surface area contributed by atoms with Gasteiger partial charge in [-0.15, -0.1) is 0 Å². The summed E-state index contributed by atoms with van der Waals surface area (Å²) < 4.78 is 36.9. The van der Waals surface area contributed by atoms with Gasteiger partial charge in [-0.2, -0.15) is 4.31 Å². The van der Waals surface area contributed by atoms with Crippen molar-refractivity contribution in [2.45, 2.75) is 24.5 Å². The Morgan fingerprint density at radius 2 is 2.08 bits per heavy atom. The minimum Gasteiger partial charge on any atom is -0.460 e. The van der Waals surface area contributed by atoms with Gasteiger partial charge in [0.1, 0.15) is 0 Å². The molecular formula is C15H23N3O5S. The van der Waals surface area contributed by atoms with Gasteiger partial charge < -0.3 is 14.5 Å². The number of furan rings is 1. The summed E-state index contributed by atoms with van der Waals surface area (Å²) >= 11 is 0. The van der Waals surface area contributed by atoms with Crippen LogP contribution in [0.15, 0.2) is 21.6 Å². The minimum absolute atomic E-state index is 0.0896. The molecule has 1 atom stereocenters. The maximum atomic E-state index is 12.7. The van der Waals surface area contributed by atoms with Crippen molar-refractivity contribution in [3.8, 4) is 0 Å². The first kappa shape index (κ1) is 17.4. The monoisotopic (exact) mass is 357 g/mol. The van der Waals surface area contributed by atoms with E-state index < -0.39 is 16.0 Å². The van der Waals surface area contributed by atoms with E-state index in [1.807, 2.05) is 0 Å². The summed E-state index contributed by atoms with van der Waals surface area (Å²) in [5.74, 6) is -0.743. The van der Waals surface area contributed by atoms with Crippen LogP contribution in [0.5, 0.6) is 0 Å². The first-order valence-electron chi connectivity index (χ1n) is 8.24. The highest BCUT2D eigenvalue weighted by molar-refractivity contribution is 7.89. The van der Waals surface area contributed by atoms with E-state index in [4.69, 9.17) is 9.15 Å². The Kier molecular flexibility index (Phi) is 5.24. The molecule has 0 spiro atoms. The Labute approximate surface area is 141 Å². The number of hydrogen-bond donors (Lipinski definition) is 1. The standard InChI is InChI=1S/C15H23N3O5S/c1-2-22-15(19)13-3-4-14(23-13)24(20,21)18-8-5-12(11-18)17-9-6-16-7-10-17/h3-4,12,16H,2,5-11H2,1H3. The third-order valence-corrected chi connectivity index (χ3v) is 6.19. The van der Waals surface area contributed by atoms with Crippen LogP contribution in [0.3, 0.4) is 0 Å². The Morgan fingerprint density at radius 1 is 1.33 bits per heavy atom. The molecule has 9 heteroatoms. The van der Waals surface area contributed by atoms with Crippen LogP contribution < -0.4 is 5.32 Å². The predicted molar refractivity (Wildman–Crippen MR) is 86.3 cm³/mol. The van der Waals surface area contributed by atoms with Gasteiger partial charge in [0.05, 0.1) is 6.61 Å². The lowest BCUT2D eigenvalue weighted by atomic mass is 10.2. The first-order chi connectivity index (χ1) is 11.5. The van der Waals surface area contributed by atoms with Gasteiger partial charge in [0.2, 0.25) is 10.9 Å². The molecule has 1 aromatic heterocycles. The highest BCUT2D eigenvalue weighted by Gasteiger charge is 2.37. The number of nitrogens with one attached hydrogen (secondary N) is 1. The minimum atomic E-state index is -3.72. The number of hydrogen-bond acceptors (Lipinski definition) is 7. The van der Waals surface area contributed by atoms with Gasteiger partial charge in [-0.05, 0) is 25.5 Å². The maximum absolute atomic E-state index is 12.7. The fraction of sp³-hybridized carbons (Fsp3) is 0.667. The number of sulfonamides is 1. The van der Waals surface area contributed by atoms with Crippen molar-refractivity contribution in [2.75, 3.05) is 45.9 Å². The molecule has 3 heterocycles. The second-order valence-electron chi connectivity index (χ2n) is 5.93. The third-order valence-electron chi connectivity index (χ3n) is 4.45. The van der Waals surface area contributed by atoms with E-state index in [0.29, 0.717) is 13.1 Å². The lowest BCUT2D eigenvalue weighted by Gasteiger charge is -2.32. The second-order valence-corrected chi connectivity index (χ2v) is 7.80. The van der Waals surface area contributed by atoms with E-state index in [1.54, 1.807) is 6.92 Å². The van der Waals surface area contributed by atoms with E-state index in [9.17, 15) is 13.2 Å². The molecule has 2 aliphatic rings. The van der Waals surface area contributed by atoms with Crippen LogP contribution in [0.4, 0.5) is 0 Å². The van der Waals surface area contributed by atoms with Gasteiger partial charge in [0, 0.05) is 45.3 Å². The van der Waals surface area contributed by atoms with Crippen molar-refractivity contribution < 1.29 is 22.4 Å². The fourth-order valence-electron chi connectivity index (χ4n) is 3.17. The normalized spacial score (nSPS) is 23.5. The predicted octanol–water partition coefficient (Wildman–Crippen LogP) is 0.125. The number of carbonyl (C=O) groups is 1. The lowest BCUT2D eigenvalue weighted by molar-refractivity contribution is 0.0483. The summed E-state index contributed by atoms with van der Waals surface area (Å²) in [7, 11) is -3.72. The molecule has 2 aliphatic heterocycles. The Balaban J connectivity index is 1.68. The van der Waals surface area contributed by atoms with Gasteiger partial charge in [-0.1, -0.05) is 0 Å². The van der Waals surface area contributed by atoms with Crippen LogP contribution >= 0.6 is 0 Å². The maximum Gasteiger partial charge on any atom is 0.374 e. The smallest absolute Gasteiger partial charge is 0.374 e. The van der Waals surface area contributed by atoms with Crippen LogP contribution in [0.1, 0.15) is 23.9 Å². The van der Waals surface area contributed by atoms with Crippen LogP contribution in [0.2, 0.25) is 0 Å². The molecule has 3 rings (SSSR count). The molecule has 0 amide bonds. The number of esters is 1. The van der Waals surface area contributed by atoms with E-state index in [2.05, 4.69) is 10.2 Å². The molecule has 1 aromatic rings. The quantitative estimate of drug-likeness (QED) is 0.749. The summed E-state index contributed by atoms with van der Waals surface area (Å²) in [5.41, 5.74) is 0. The summed E-state index contributed by atoms with van der Waals surface area (Å²) in [6, 6.07) is 2.90. The zero-order chi connectivity index (χ0) is 17.2. The van der Waals surface area contributed by atoms with Crippen molar-refractivity contribution in [2.24, 2.45) is 0 Å². The SMILES string of the molecule is CCOC(=O)c1ccc(S(=O)(=O)N2CCC(N3CCNCC3)C2)o1. The lowest BCUT2D eigenvalue weighted by Crippen LogP contribution is -2.49. The molecule has 0 aromatic carbocycles. The third kappa shape index (κ3) is 3.49. The zero-order valence-corrected chi connectivity index (χ0v) is 14.5. The van der Waals surface area contributed by atoms with Crippen LogP contribution in [0.25, 0.3) is 0 Å². The molecule has 8 nitrogen and oxygen atoms in total. The van der Waals surface area contributed by atoms with E-state index in [1.165, 1.54) is 16.4 Å². The molecule has 0 saturated carbocycles. The molecule has 1 unspecified atom stereocenters. The van der Waals surface area contributed by atoms with Gasteiger partial charge in [0.25, 0.3) is 10.0 Å². The second kappa shape index (κ2) is 7.22. The van der Waals surface area contributed by atoms with Gasteiger partial charge in [-0.3, -0.25) is 4.90 Å². The van der Waals surface area contributed by atoms with Crippen molar-refractivity contribution in [1.29, 1.82) is 0 Å². The molecule has 2 saturated heterocycles. The van der Waals surface area contributed by atoms with Crippen molar-refractivity contribution in [3.05, 3.63) is 17.9 Å². The molecule has 0 bridgehead atoms. The zero-order valence-electron chi connectivity index (χ0n) is 13.7. The summed E-state index contributed by atoms with van der Waals surface area (Å²) in [6.45, 7) is 6.55.